The lowest BCUT2D eigenvalue weighted by Crippen LogP contribution is -2.28. The van der Waals surface area contributed by atoms with Gasteiger partial charge in [0.05, 0.1) is 19.6 Å². The van der Waals surface area contributed by atoms with Crippen molar-refractivity contribution >= 4 is 21.4 Å². The fourth-order valence-corrected chi connectivity index (χ4v) is 5.28. The van der Waals surface area contributed by atoms with Gasteiger partial charge in [0.25, 0.3) is 5.56 Å². The fourth-order valence-electron chi connectivity index (χ4n) is 3.98. The Bertz CT molecular complexity index is 1050. The lowest BCUT2D eigenvalue weighted by molar-refractivity contribution is 0.355. The van der Waals surface area contributed by atoms with E-state index in [0.717, 1.165) is 40.7 Å². The number of nitrogens with zero attached hydrogens (tertiary/aromatic N) is 1. The Balaban J connectivity index is 1.80. The molecule has 4 rings (SSSR count). The summed E-state index contributed by atoms with van der Waals surface area (Å²) in [7, 11) is 5.09. The standard InChI is InChI=1S/C22H26N2O3S/c1-24-13-18(15-4-5-19(26-2)20(11-15)27-3)21-17(22(24)25)12-16(28-21)10-14-6-8-23-9-7-14/h4-5,11-14,23H,6-10H2,1-3H3. The number of thiophene rings is 1. The quantitative estimate of drug-likeness (QED) is 0.710. The molecule has 1 N–H and O–H groups in total. The third-order valence-corrected chi connectivity index (χ3v) is 6.74. The second kappa shape index (κ2) is 7.97. The molecule has 1 aliphatic rings. The second-order valence-corrected chi connectivity index (χ2v) is 8.52. The number of rotatable bonds is 5. The maximum atomic E-state index is 12.8. The number of ether oxygens (including phenoxy) is 2. The van der Waals surface area contributed by atoms with Crippen LogP contribution in [0, 0.1) is 5.92 Å². The van der Waals surface area contributed by atoms with Crippen LogP contribution in [0.3, 0.4) is 0 Å². The number of benzene rings is 1. The monoisotopic (exact) mass is 398 g/mol. The van der Waals surface area contributed by atoms with Crippen LogP contribution >= 0.6 is 11.3 Å². The van der Waals surface area contributed by atoms with E-state index in [1.807, 2.05) is 31.4 Å². The summed E-state index contributed by atoms with van der Waals surface area (Å²) in [5.74, 6) is 2.08. The first-order valence-electron chi connectivity index (χ1n) is 9.66. The largest absolute Gasteiger partial charge is 0.493 e. The first-order chi connectivity index (χ1) is 13.6. The Morgan fingerprint density at radius 3 is 2.61 bits per heavy atom. The average Bonchev–Trinajstić information content (AvgIpc) is 3.14. The summed E-state index contributed by atoms with van der Waals surface area (Å²) in [6.45, 7) is 2.18. The topological polar surface area (TPSA) is 52.5 Å². The molecule has 0 radical (unpaired) electrons. The SMILES string of the molecule is COc1ccc(-c2cn(C)c(=O)c3cc(CC4CCNCC4)sc23)cc1OC. The van der Waals surface area contributed by atoms with E-state index in [4.69, 9.17) is 9.47 Å². The van der Waals surface area contributed by atoms with Gasteiger partial charge in [0.15, 0.2) is 11.5 Å². The number of methoxy groups -OCH3 is 2. The Kier molecular flexibility index (Phi) is 5.42. The predicted octanol–water partition coefficient (Wildman–Crippen LogP) is 3.83. The Labute approximate surface area is 168 Å². The van der Waals surface area contributed by atoms with Crippen LogP contribution in [-0.4, -0.2) is 31.9 Å². The normalized spacial score (nSPS) is 15.1. The second-order valence-electron chi connectivity index (χ2n) is 7.38. The molecule has 3 heterocycles. The molecule has 0 atom stereocenters. The van der Waals surface area contributed by atoms with Gasteiger partial charge in [-0.2, -0.15) is 0 Å². The van der Waals surface area contributed by atoms with Gasteiger partial charge >= 0.3 is 0 Å². The zero-order valence-electron chi connectivity index (χ0n) is 16.6. The van der Waals surface area contributed by atoms with E-state index in [9.17, 15) is 4.79 Å². The lowest BCUT2D eigenvalue weighted by atomic mass is 9.94. The number of aromatic nitrogens is 1. The molecule has 1 aliphatic heterocycles. The van der Waals surface area contributed by atoms with Gasteiger partial charge in [0.1, 0.15) is 0 Å². The van der Waals surface area contributed by atoms with Crippen molar-refractivity contribution in [2.24, 2.45) is 13.0 Å². The number of hydrogen-bond donors (Lipinski definition) is 1. The molecule has 0 bridgehead atoms. The van der Waals surface area contributed by atoms with Crippen molar-refractivity contribution in [1.29, 1.82) is 0 Å². The molecule has 148 valence electrons. The van der Waals surface area contributed by atoms with Crippen LogP contribution in [0.2, 0.25) is 0 Å². The smallest absolute Gasteiger partial charge is 0.259 e. The molecular formula is C22H26N2O3S. The van der Waals surface area contributed by atoms with Gasteiger partial charge in [-0.05, 0) is 62.0 Å². The van der Waals surface area contributed by atoms with Gasteiger partial charge in [-0.15, -0.1) is 11.3 Å². The van der Waals surface area contributed by atoms with Crippen LogP contribution in [0.15, 0.2) is 35.3 Å². The maximum absolute atomic E-state index is 12.8. The van der Waals surface area contributed by atoms with E-state index < -0.39 is 0 Å². The van der Waals surface area contributed by atoms with Crippen LogP contribution in [-0.2, 0) is 13.5 Å². The summed E-state index contributed by atoms with van der Waals surface area (Å²) in [6, 6.07) is 8.01. The number of hydrogen-bond acceptors (Lipinski definition) is 5. The number of piperidine rings is 1. The molecule has 0 amide bonds. The van der Waals surface area contributed by atoms with Crippen molar-refractivity contribution in [3.8, 4) is 22.6 Å². The Morgan fingerprint density at radius 1 is 1.14 bits per heavy atom. The Hall–Kier alpha value is -2.31. The molecule has 1 aromatic carbocycles. The Morgan fingerprint density at radius 2 is 1.89 bits per heavy atom. The van der Waals surface area contributed by atoms with Crippen molar-refractivity contribution in [3.63, 3.8) is 0 Å². The maximum Gasteiger partial charge on any atom is 0.259 e. The van der Waals surface area contributed by atoms with Crippen molar-refractivity contribution in [2.75, 3.05) is 27.3 Å². The number of fused-ring (bicyclic) bond motifs is 1. The highest BCUT2D eigenvalue weighted by Gasteiger charge is 2.18. The van der Waals surface area contributed by atoms with Crippen molar-refractivity contribution in [2.45, 2.75) is 19.3 Å². The summed E-state index contributed by atoms with van der Waals surface area (Å²) in [5.41, 5.74) is 2.14. The number of pyridine rings is 1. The zero-order valence-corrected chi connectivity index (χ0v) is 17.4. The zero-order chi connectivity index (χ0) is 19.7. The molecule has 0 aliphatic carbocycles. The molecular weight excluding hydrogens is 372 g/mol. The van der Waals surface area contributed by atoms with E-state index >= 15 is 0 Å². The van der Waals surface area contributed by atoms with Gasteiger partial charge in [0, 0.05) is 28.4 Å². The summed E-state index contributed by atoms with van der Waals surface area (Å²) in [6.07, 6.45) is 5.38. The summed E-state index contributed by atoms with van der Waals surface area (Å²) in [4.78, 5) is 14.1. The minimum Gasteiger partial charge on any atom is -0.493 e. The third-order valence-electron chi connectivity index (χ3n) is 5.54. The van der Waals surface area contributed by atoms with Gasteiger partial charge in [-0.25, -0.2) is 0 Å². The highest BCUT2D eigenvalue weighted by Crippen LogP contribution is 2.38. The van der Waals surface area contributed by atoms with E-state index in [1.165, 1.54) is 17.7 Å². The minimum atomic E-state index is 0.0621. The van der Waals surface area contributed by atoms with Gasteiger partial charge < -0.3 is 19.4 Å². The minimum absolute atomic E-state index is 0.0621. The molecule has 28 heavy (non-hydrogen) atoms. The van der Waals surface area contributed by atoms with Crippen LogP contribution in [0.1, 0.15) is 17.7 Å². The molecule has 1 saturated heterocycles. The molecule has 0 spiro atoms. The van der Waals surface area contributed by atoms with E-state index in [-0.39, 0.29) is 5.56 Å². The van der Waals surface area contributed by atoms with Crippen LogP contribution in [0.25, 0.3) is 21.2 Å². The molecule has 2 aromatic heterocycles. The van der Waals surface area contributed by atoms with Crippen molar-refractivity contribution in [1.82, 2.24) is 9.88 Å². The summed E-state index contributed by atoms with van der Waals surface area (Å²) < 4.78 is 13.6. The van der Waals surface area contributed by atoms with Crippen molar-refractivity contribution in [3.05, 3.63) is 45.7 Å². The van der Waals surface area contributed by atoms with Gasteiger partial charge in [-0.1, -0.05) is 6.07 Å². The van der Waals surface area contributed by atoms with E-state index in [1.54, 1.807) is 30.1 Å². The molecule has 6 heteroatoms. The number of aryl methyl sites for hydroxylation is 1. The van der Waals surface area contributed by atoms with Crippen LogP contribution < -0.4 is 20.3 Å². The lowest BCUT2D eigenvalue weighted by Gasteiger charge is -2.21. The van der Waals surface area contributed by atoms with Crippen molar-refractivity contribution < 1.29 is 9.47 Å². The third kappa shape index (κ3) is 3.54. The van der Waals surface area contributed by atoms with Gasteiger partial charge in [-0.3, -0.25) is 4.79 Å². The number of nitrogens with one attached hydrogen (secondary N) is 1. The molecule has 3 aromatic rings. The van der Waals surface area contributed by atoms with E-state index in [0.29, 0.717) is 17.4 Å². The molecule has 0 saturated carbocycles. The first kappa shape index (κ1) is 19.0. The first-order valence-corrected chi connectivity index (χ1v) is 10.5. The van der Waals surface area contributed by atoms with Crippen LogP contribution in [0.4, 0.5) is 0 Å². The fraction of sp³-hybridized carbons (Fsp3) is 0.409. The highest BCUT2D eigenvalue weighted by molar-refractivity contribution is 7.19. The van der Waals surface area contributed by atoms with Gasteiger partial charge in [0.2, 0.25) is 0 Å². The molecule has 1 fully saturated rings. The average molecular weight is 399 g/mol. The highest BCUT2D eigenvalue weighted by atomic mass is 32.1. The van der Waals surface area contributed by atoms with Crippen LogP contribution in [0.5, 0.6) is 11.5 Å². The molecule has 0 unspecified atom stereocenters. The molecule has 5 nitrogen and oxygen atoms in total. The predicted molar refractivity (Wildman–Crippen MR) is 115 cm³/mol. The van der Waals surface area contributed by atoms with E-state index in [2.05, 4.69) is 11.4 Å². The summed E-state index contributed by atoms with van der Waals surface area (Å²) >= 11 is 1.75. The summed E-state index contributed by atoms with van der Waals surface area (Å²) in [5, 5.41) is 4.23.